The lowest BCUT2D eigenvalue weighted by Gasteiger charge is -2.24. The first-order valence-electron chi connectivity index (χ1n) is 10.8. The zero-order valence-corrected chi connectivity index (χ0v) is 20.2. The highest BCUT2D eigenvalue weighted by molar-refractivity contribution is 6.42. The van der Waals surface area contributed by atoms with E-state index in [0.717, 1.165) is 23.3 Å². The standard InChI is InChI=1S/C25H29Cl2NO4/c1-16(2)9-11-28(12-10-22(29)30)24(31)17-7-8-21-19(13-17)15-25(3,32-21)14-18-5-4-6-20(26)23(18)27/h4-8,13,16H,9-12,14-15H2,1-3H3,(H,29,30). The predicted octanol–water partition coefficient (Wildman–Crippen LogP) is 5.89. The van der Waals surface area contributed by atoms with Crippen LogP contribution in [0.25, 0.3) is 0 Å². The number of carboxylic acids is 1. The Morgan fingerprint density at radius 3 is 2.62 bits per heavy atom. The molecule has 2 aromatic carbocycles. The van der Waals surface area contributed by atoms with Gasteiger partial charge in [-0.15, -0.1) is 0 Å². The van der Waals surface area contributed by atoms with Crippen molar-refractivity contribution < 1.29 is 19.4 Å². The largest absolute Gasteiger partial charge is 0.487 e. The third-order valence-corrected chi connectivity index (χ3v) is 6.54. The van der Waals surface area contributed by atoms with Gasteiger partial charge in [0.2, 0.25) is 0 Å². The van der Waals surface area contributed by atoms with Crippen molar-refractivity contribution in [3.63, 3.8) is 0 Å². The van der Waals surface area contributed by atoms with Gasteiger partial charge in [0.1, 0.15) is 11.4 Å². The summed E-state index contributed by atoms with van der Waals surface area (Å²) in [5, 5.41) is 10.1. The van der Waals surface area contributed by atoms with Gasteiger partial charge < -0.3 is 14.7 Å². The smallest absolute Gasteiger partial charge is 0.305 e. The van der Waals surface area contributed by atoms with E-state index in [2.05, 4.69) is 13.8 Å². The third-order valence-electron chi connectivity index (χ3n) is 5.68. The van der Waals surface area contributed by atoms with Crippen LogP contribution in [0.5, 0.6) is 5.75 Å². The van der Waals surface area contributed by atoms with Crippen molar-refractivity contribution in [3.8, 4) is 5.75 Å². The fourth-order valence-electron chi connectivity index (χ4n) is 3.98. The number of benzene rings is 2. The Morgan fingerprint density at radius 1 is 1.19 bits per heavy atom. The summed E-state index contributed by atoms with van der Waals surface area (Å²) in [6.07, 6.45) is 1.96. The summed E-state index contributed by atoms with van der Waals surface area (Å²) in [4.78, 5) is 25.8. The molecule has 1 aliphatic rings. The molecule has 0 saturated heterocycles. The molecule has 1 aliphatic heterocycles. The van der Waals surface area contributed by atoms with Crippen molar-refractivity contribution in [1.29, 1.82) is 0 Å². The topological polar surface area (TPSA) is 66.8 Å². The van der Waals surface area contributed by atoms with Gasteiger partial charge in [-0.3, -0.25) is 9.59 Å². The number of hydrogen-bond donors (Lipinski definition) is 1. The van der Waals surface area contributed by atoms with E-state index in [1.54, 1.807) is 17.0 Å². The number of fused-ring (bicyclic) bond motifs is 1. The van der Waals surface area contributed by atoms with E-state index in [0.29, 0.717) is 40.9 Å². The first-order valence-corrected chi connectivity index (χ1v) is 11.6. The molecule has 0 spiro atoms. The van der Waals surface area contributed by atoms with Crippen LogP contribution in [-0.2, 0) is 17.6 Å². The number of aliphatic carboxylic acids is 1. The van der Waals surface area contributed by atoms with Gasteiger partial charge in [0.25, 0.3) is 5.91 Å². The van der Waals surface area contributed by atoms with E-state index in [1.165, 1.54) is 0 Å². The Morgan fingerprint density at radius 2 is 1.94 bits per heavy atom. The molecule has 0 saturated carbocycles. The molecule has 1 atom stereocenters. The number of rotatable bonds is 9. The van der Waals surface area contributed by atoms with Crippen LogP contribution in [0, 0.1) is 5.92 Å². The molecule has 0 bridgehead atoms. The SMILES string of the molecule is CC(C)CCN(CCC(=O)O)C(=O)c1ccc2c(c1)CC(C)(Cc1cccc(Cl)c1Cl)O2. The van der Waals surface area contributed by atoms with Crippen LogP contribution in [-0.4, -0.2) is 40.6 Å². The maximum Gasteiger partial charge on any atom is 0.305 e. The summed E-state index contributed by atoms with van der Waals surface area (Å²) in [5.41, 5.74) is 1.92. The van der Waals surface area contributed by atoms with E-state index in [1.807, 2.05) is 31.2 Å². The maximum absolute atomic E-state index is 13.2. The highest BCUT2D eigenvalue weighted by Crippen LogP contribution is 2.39. The van der Waals surface area contributed by atoms with Gasteiger partial charge in [0.05, 0.1) is 16.5 Å². The molecule has 0 fully saturated rings. The van der Waals surface area contributed by atoms with Gasteiger partial charge >= 0.3 is 5.97 Å². The molecule has 0 aliphatic carbocycles. The molecule has 3 rings (SSSR count). The van der Waals surface area contributed by atoms with Gasteiger partial charge in [-0.2, -0.15) is 0 Å². The van der Waals surface area contributed by atoms with E-state index in [9.17, 15) is 9.59 Å². The second kappa shape index (κ2) is 10.1. The molecule has 2 aromatic rings. The number of carbonyl (C=O) groups is 2. The number of halogens is 2. The molecular formula is C25H29Cl2NO4. The molecule has 1 amide bonds. The fraction of sp³-hybridized carbons (Fsp3) is 0.440. The first kappa shape index (κ1) is 24.4. The molecule has 0 radical (unpaired) electrons. The van der Waals surface area contributed by atoms with Gasteiger partial charge in [-0.1, -0.05) is 49.2 Å². The third kappa shape index (κ3) is 5.96. The summed E-state index contributed by atoms with van der Waals surface area (Å²) >= 11 is 12.5. The Kier molecular flexibility index (Phi) is 7.73. The number of ether oxygens (including phenoxy) is 1. The minimum absolute atomic E-state index is 0.0731. The molecule has 1 unspecified atom stereocenters. The van der Waals surface area contributed by atoms with Crippen LogP contribution in [0.3, 0.4) is 0 Å². The van der Waals surface area contributed by atoms with Crippen LogP contribution in [0.15, 0.2) is 36.4 Å². The van der Waals surface area contributed by atoms with Crippen molar-refractivity contribution in [2.24, 2.45) is 5.92 Å². The Labute approximate surface area is 199 Å². The van der Waals surface area contributed by atoms with E-state index >= 15 is 0 Å². The minimum atomic E-state index is -0.912. The second-order valence-electron chi connectivity index (χ2n) is 9.06. The van der Waals surface area contributed by atoms with Crippen molar-refractivity contribution in [1.82, 2.24) is 4.90 Å². The van der Waals surface area contributed by atoms with Crippen LogP contribution in [0.1, 0.15) is 55.1 Å². The number of carbonyl (C=O) groups excluding carboxylic acids is 1. The summed E-state index contributed by atoms with van der Waals surface area (Å²) in [5.74, 6) is 0.107. The summed E-state index contributed by atoms with van der Waals surface area (Å²) in [6.45, 7) is 6.91. The summed E-state index contributed by atoms with van der Waals surface area (Å²) in [6, 6.07) is 11.0. The van der Waals surface area contributed by atoms with Crippen molar-refractivity contribution in [2.75, 3.05) is 13.1 Å². The predicted molar refractivity (Wildman–Crippen MR) is 127 cm³/mol. The average molecular weight is 478 g/mol. The van der Waals surface area contributed by atoms with Gasteiger partial charge in [-0.25, -0.2) is 0 Å². The van der Waals surface area contributed by atoms with Crippen molar-refractivity contribution in [3.05, 3.63) is 63.1 Å². The Balaban J connectivity index is 1.76. The van der Waals surface area contributed by atoms with Gasteiger partial charge in [0.15, 0.2) is 0 Å². The van der Waals surface area contributed by atoms with Crippen molar-refractivity contribution in [2.45, 2.75) is 52.1 Å². The Bertz CT molecular complexity index is 1010. The van der Waals surface area contributed by atoms with Crippen LogP contribution < -0.4 is 4.74 Å². The number of nitrogens with zero attached hydrogens (tertiary/aromatic N) is 1. The molecule has 1 N–H and O–H groups in total. The molecule has 5 nitrogen and oxygen atoms in total. The molecule has 1 heterocycles. The van der Waals surface area contributed by atoms with E-state index in [4.69, 9.17) is 33.0 Å². The summed E-state index contributed by atoms with van der Waals surface area (Å²) < 4.78 is 6.24. The van der Waals surface area contributed by atoms with Crippen LogP contribution in [0.2, 0.25) is 10.0 Å². The highest BCUT2D eigenvalue weighted by Gasteiger charge is 2.36. The van der Waals surface area contributed by atoms with Crippen LogP contribution in [0.4, 0.5) is 0 Å². The lowest BCUT2D eigenvalue weighted by atomic mass is 9.91. The van der Waals surface area contributed by atoms with Gasteiger partial charge in [0, 0.05) is 31.5 Å². The number of amides is 1. The van der Waals surface area contributed by atoms with Crippen LogP contribution >= 0.6 is 23.2 Å². The fourth-order valence-corrected chi connectivity index (χ4v) is 4.37. The molecule has 0 aromatic heterocycles. The lowest BCUT2D eigenvalue weighted by Crippen LogP contribution is -2.34. The normalized spacial score (nSPS) is 17.2. The highest BCUT2D eigenvalue weighted by atomic mass is 35.5. The average Bonchev–Trinajstić information content (AvgIpc) is 3.05. The first-order chi connectivity index (χ1) is 15.1. The van der Waals surface area contributed by atoms with E-state index in [-0.39, 0.29) is 18.9 Å². The molecule has 7 heteroatoms. The molecule has 172 valence electrons. The minimum Gasteiger partial charge on any atom is -0.487 e. The molecular weight excluding hydrogens is 449 g/mol. The Hall–Kier alpha value is -2.24. The number of hydrogen-bond acceptors (Lipinski definition) is 3. The summed E-state index contributed by atoms with van der Waals surface area (Å²) in [7, 11) is 0. The zero-order valence-electron chi connectivity index (χ0n) is 18.7. The van der Waals surface area contributed by atoms with Gasteiger partial charge in [-0.05, 0) is 54.7 Å². The lowest BCUT2D eigenvalue weighted by molar-refractivity contribution is -0.137. The monoisotopic (exact) mass is 477 g/mol. The maximum atomic E-state index is 13.2. The van der Waals surface area contributed by atoms with Crippen molar-refractivity contribution >= 4 is 35.1 Å². The molecule has 32 heavy (non-hydrogen) atoms. The van der Waals surface area contributed by atoms with E-state index < -0.39 is 11.6 Å². The number of carboxylic acid groups (broad SMARTS) is 1. The zero-order chi connectivity index (χ0) is 23.5. The quantitative estimate of drug-likeness (QED) is 0.488. The second-order valence-corrected chi connectivity index (χ2v) is 9.84.